The highest BCUT2D eigenvalue weighted by Crippen LogP contribution is 2.36. The number of rotatable bonds is 3. The summed E-state index contributed by atoms with van der Waals surface area (Å²) < 4.78 is 7.12. The van der Waals surface area contributed by atoms with Crippen LogP contribution >= 0.6 is 34.2 Å². The van der Waals surface area contributed by atoms with Crippen LogP contribution in [0, 0.1) is 3.57 Å². The van der Waals surface area contributed by atoms with Crippen LogP contribution < -0.4 is 0 Å². The Morgan fingerprint density at radius 1 is 1.24 bits per heavy atom. The summed E-state index contributed by atoms with van der Waals surface area (Å²) in [6.07, 6.45) is 0. The van der Waals surface area contributed by atoms with Gasteiger partial charge in [0.25, 0.3) is 0 Å². The Labute approximate surface area is 120 Å². The van der Waals surface area contributed by atoms with E-state index in [9.17, 15) is 0 Å². The number of alkyl halides is 1. The monoisotopic (exact) mass is 360 g/mol. The molecule has 0 N–H and O–H groups in total. The number of furan rings is 1. The average Bonchev–Trinajstić information content (AvgIpc) is 2.67. The fraction of sp³-hybridized carbons (Fsp3) is 0.286. The third-order valence-electron chi connectivity index (χ3n) is 2.67. The molecule has 1 heterocycles. The number of benzene rings is 1. The second kappa shape index (κ2) is 5.44. The molecule has 2 rings (SSSR count). The summed E-state index contributed by atoms with van der Waals surface area (Å²) >= 11 is 8.34. The van der Waals surface area contributed by atoms with Gasteiger partial charge in [-0.15, -0.1) is 11.6 Å². The fourth-order valence-corrected chi connectivity index (χ4v) is 3.20. The molecule has 1 nitrogen and oxygen atoms in total. The maximum atomic E-state index is 6.02. The summed E-state index contributed by atoms with van der Waals surface area (Å²) in [7, 11) is 0. The SMILES string of the molecule is CC(C)c1oc(-c2ccccc2)c(I)c1CCl. The number of hydrogen-bond donors (Lipinski definition) is 0. The van der Waals surface area contributed by atoms with Crippen molar-refractivity contribution < 1.29 is 4.42 Å². The molecule has 0 amide bonds. The minimum absolute atomic E-state index is 0.356. The van der Waals surface area contributed by atoms with Crippen molar-refractivity contribution in [1.29, 1.82) is 0 Å². The molecule has 0 fully saturated rings. The number of halogens is 2. The highest BCUT2D eigenvalue weighted by atomic mass is 127. The highest BCUT2D eigenvalue weighted by molar-refractivity contribution is 14.1. The van der Waals surface area contributed by atoms with E-state index in [1.807, 2.05) is 18.2 Å². The average molecular weight is 361 g/mol. The van der Waals surface area contributed by atoms with Gasteiger partial charge in [0.1, 0.15) is 11.5 Å². The molecule has 0 unspecified atom stereocenters. The summed E-state index contributed by atoms with van der Waals surface area (Å²) in [4.78, 5) is 0. The zero-order valence-electron chi connectivity index (χ0n) is 9.84. The molecule has 0 aliphatic carbocycles. The molecule has 0 aliphatic rings. The van der Waals surface area contributed by atoms with Crippen molar-refractivity contribution in [2.45, 2.75) is 25.6 Å². The van der Waals surface area contributed by atoms with Crippen LogP contribution in [0.1, 0.15) is 31.1 Å². The molecular formula is C14H14ClIO. The smallest absolute Gasteiger partial charge is 0.147 e. The van der Waals surface area contributed by atoms with Crippen LogP contribution in [0.3, 0.4) is 0 Å². The summed E-state index contributed by atoms with van der Waals surface area (Å²) in [5.74, 6) is 2.80. The first kappa shape index (κ1) is 13.0. The maximum absolute atomic E-state index is 6.02. The Morgan fingerprint density at radius 2 is 1.88 bits per heavy atom. The minimum Gasteiger partial charge on any atom is -0.459 e. The van der Waals surface area contributed by atoms with E-state index in [2.05, 4.69) is 48.6 Å². The lowest BCUT2D eigenvalue weighted by Crippen LogP contribution is -1.89. The normalized spacial score (nSPS) is 11.1. The van der Waals surface area contributed by atoms with Crippen LogP contribution in [0.25, 0.3) is 11.3 Å². The van der Waals surface area contributed by atoms with E-state index in [-0.39, 0.29) is 0 Å². The molecule has 1 aromatic heterocycles. The van der Waals surface area contributed by atoms with Crippen molar-refractivity contribution in [1.82, 2.24) is 0 Å². The van der Waals surface area contributed by atoms with Crippen molar-refractivity contribution in [2.75, 3.05) is 0 Å². The van der Waals surface area contributed by atoms with Crippen molar-refractivity contribution >= 4 is 34.2 Å². The van der Waals surface area contributed by atoms with E-state index in [1.165, 1.54) is 0 Å². The first-order chi connectivity index (χ1) is 8.15. The maximum Gasteiger partial charge on any atom is 0.147 e. The van der Waals surface area contributed by atoms with Gasteiger partial charge >= 0.3 is 0 Å². The second-order valence-electron chi connectivity index (χ2n) is 4.24. The molecule has 0 saturated heterocycles. The van der Waals surface area contributed by atoms with Crippen LogP contribution in [0.5, 0.6) is 0 Å². The van der Waals surface area contributed by atoms with Gasteiger partial charge in [-0.2, -0.15) is 0 Å². The predicted octanol–water partition coefficient (Wildman–Crippen LogP) is 5.41. The Bertz CT molecular complexity index is 502. The molecule has 0 atom stereocenters. The van der Waals surface area contributed by atoms with Crippen molar-refractivity contribution in [3.8, 4) is 11.3 Å². The molecule has 0 spiro atoms. The standard InChI is InChI=1S/C14H14ClIO/c1-9(2)13-11(8-15)12(16)14(17-13)10-6-4-3-5-7-10/h3-7,9H,8H2,1-2H3. The van der Waals surface area contributed by atoms with Gasteiger partial charge in [-0.05, 0) is 22.6 Å². The van der Waals surface area contributed by atoms with E-state index in [0.717, 1.165) is 26.2 Å². The molecular weight excluding hydrogens is 347 g/mol. The molecule has 17 heavy (non-hydrogen) atoms. The van der Waals surface area contributed by atoms with Gasteiger partial charge < -0.3 is 4.42 Å². The summed E-state index contributed by atoms with van der Waals surface area (Å²) in [6.45, 7) is 4.25. The van der Waals surface area contributed by atoms with Gasteiger partial charge in [-0.25, -0.2) is 0 Å². The zero-order chi connectivity index (χ0) is 12.4. The third-order valence-corrected chi connectivity index (χ3v) is 4.08. The minimum atomic E-state index is 0.356. The molecule has 0 bridgehead atoms. The van der Waals surface area contributed by atoms with Crippen LogP contribution in [-0.4, -0.2) is 0 Å². The molecule has 0 radical (unpaired) electrons. The highest BCUT2D eigenvalue weighted by Gasteiger charge is 2.20. The molecule has 1 aromatic carbocycles. The Kier molecular flexibility index (Phi) is 4.15. The first-order valence-corrected chi connectivity index (χ1v) is 7.19. The van der Waals surface area contributed by atoms with E-state index >= 15 is 0 Å². The number of hydrogen-bond acceptors (Lipinski definition) is 1. The van der Waals surface area contributed by atoms with E-state index in [0.29, 0.717) is 11.8 Å². The van der Waals surface area contributed by atoms with Gasteiger partial charge in [0, 0.05) is 17.0 Å². The van der Waals surface area contributed by atoms with Gasteiger partial charge in [0.05, 0.1) is 9.45 Å². The van der Waals surface area contributed by atoms with Crippen molar-refractivity contribution in [3.63, 3.8) is 0 Å². The van der Waals surface area contributed by atoms with Crippen molar-refractivity contribution in [2.24, 2.45) is 0 Å². The van der Waals surface area contributed by atoms with Gasteiger partial charge in [0.15, 0.2) is 0 Å². The largest absolute Gasteiger partial charge is 0.459 e. The van der Waals surface area contributed by atoms with Gasteiger partial charge in [-0.3, -0.25) is 0 Å². The predicted molar refractivity (Wildman–Crippen MR) is 80.5 cm³/mol. The fourth-order valence-electron chi connectivity index (χ4n) is 1.83. The summed E-state index contributed by atoms with van der Waals surface area (Å²) in [5.41, 5.74) is 2.23. The van der Waals surface area contributed by atoms with Crippen LogP contribution in [-0.2, 0) is 5.88 Å². The summed E-state index contributed by atoms with van der Waals surface area (Å²) in [6, 6.07) is 10.2. The van der Waals surface area contributed by atoms with E-state index in [4.69, 9.17) is 16.0 Å². The molecule has 0 aliphatic heterocycles. The second-order valence-corrected chi connectivity index (χ2v) is 5.59. The van der Waals surface area contributed by atoms with Gasteiger partial charge in [0.2, 0.25) is 0 Å². The molecule has 3 heteroatoms. The van der Waals surface area contributed by atoms with E-state index < -0.39 is 0 Å². The van der Waals surface area contributed by atoms with Crippen LogP contribution in [0.4, 0.5) is 0 Å². The first-order valence-electron chi connectivity index (χ1n) is 5.57. The lowest BCUT2D eigenvalue weighted by molar-refractivity contribution is 0.494. The van der Waals surface area contributed by atoms with Crippen molar-refractivity contribution in [3.05, 3.63) is 45.2 Å². The molecule has 90 valence electrons. The quantitative estimate of drug-likeness (QED) is 0.526. The molecule has 0 saturated carbocycles. The molecule has 2 aromatic rings. The lowest BCUT2D eigenvalue weighted by atomic mass is 10.1. The van der Waals surface area contributed by atoms with Crippen LogP contribution in [0.15, 0.2) is 34.7 Å². The lowest BCUT2D eigenvalue weighted by Gasteiger charge is -2.02. The third kappa shape index (κ3) is 2.52. The topological polar surface area (TPSA) is 13.1 Å². The van der Waals surface area contributed by atoms with Gasteiger partial charge in [-0.1, -0.05) is 44.2 Å². The zero-order valence-corrected chi connectivity index (χ0v) is 12.7. The van der Waals surface area contributed by atoms with E-state index in [1.54, 1.807) is 0 Å². The summed E-state index contributed by atoms with van der Waals surface area (Å²) in [5, 5.41) is 0. The Morgan fingerprint density at radius 3 is 2.35 bits per heavy atom. The Balaban J connectivity index is 2.57. The Hall–Kier alpha value is -0.480. The van der Waals surface area contributed by atoms with Crippen LogP contribution in [0.2, 0.25) is 0 Å².